The molecule has 0 N–H and O–H groups in total. The fraction of sp³-hybridized carbons (Fsp3) is 0.500. The maximum absolute atomic E-state index is 2.35. The molecule has 1 aliphatic rings. The third-order valence-electron chi connectivity index (χ3n) is 2.84. The summed E-state index contributed by atoms with van der Waals surface area (Å²) >= 11 is 0. The first-order valence-electron chi connectivity index (χ1n) is 4.84. The van der Waals surface area contributed by atoms with Gasteiger partial charge in [-0.15, -0.1) is 0 Å². The summed E-state index contributed by atoms with van der Waals surface area (Å²) in [5.41, 5.74) is 4.58. The van der Waals surface area contributed by atoms with Crippen molar-refractivity contribution in [2.75, 3.05) is 0 Å². The number of hydrogen-bond acceptors (Lipinski definition) is 0. The minimum Gasteiger partial charge on any atom is -0.0622 e. The molecular weight excluding hydrogens is 144 g/mol. The molecule has 1 atom stereocenters. The molecule has 1 aliphatic carbocycles. The summed E-state index contributed by atoms with van der Waals surface area (Å²) in [7, 11) is 0. The largest absolute Gasteiger partial charge is 0.0622 e. The highest BCUT2D eigenvalue weighted by atomic mass is 14.2. The van der Waals surface area contributed by atoms with Gasteiger partial charge in [0.1, 0.15) is 0 Å². The summed E-state index contributed by atoms with van der Waals surface area (Å²) < 4.78 is 0. The average molecular weight is 160 g/mol. The second-order valence-electron chi connectivity index (χ2n) is 4.12. The van der Waals surface area contributed by atoms with Gasteiger partial charge in [-0.1, -0.05) is 30.7 Å². The fourth-order valence-electron chi connectivity index (χ4n) is 2.07. The van der Waals surface area contributed by atoms with E-state index in [2.05, 4.69) is 32.0 Å². The van der Waals surface area contributed by atoms with Gasteiger partial charge in [-0.3, -0.25) is 0 Å². The lowest BCUT2D eigenvalue weighted by Gasteiger charge is -2.21. The maximum atomic E-state index is 2.35. The van der Waals surface area contributed by atoms with Gasteiger partial charge < -0.3 is 0 Å². The number of hydrogen-bond donors (Lipinski definition) is 0. The predicted molar refractivity (Wildman–Crippen MR) is 52.4 cm³/mol. The first kappa shape index (κ1) is 7.85. The zero-order chi connectivity index (χ0) is 8.55. The Morgan fingerprint density at radius 2 is 2.08 bits per heavy atom. The molecule has 0 aromatic heterocycles. The van der Waals surface area contributed by atoms with Crippen LogP contribution in [0.1, 0.15) is 30.0 Å². The minimum absolute atomic E-state index is 0.889. The SMILES string of the molecule is Cc1ccc2c(c1)CCC(C)C2. The standard InChI is InChI=1S/C12H16/c1-9-3-5-12-8-10(2)4-6-11(12)7-9/h3,5,7,10H,4,6,8H2,1-2H3. The van der Waals surface area contributed by atoms with E-state index in [0.717, 1.165) is 5.92 Å². The van der Waals surface area contributed by atoms with Crippen LogP contribution in [0.5, 0.6) is 0 Å². The van der Waals surface area contributed by atoms with E-state index >= 15 is 0 Å². The van der Waals surface area contributed by atoms with Crippen LogP contribution >= 0.6 is 0 Å². The van der Waals surface area contributed by atoms with Crippen molar-refractivity contribution in [2.45, 2.75) is 33.1 Å². The lowest BCUT2D eigenvalue weighted by molar-refractivity contribution is 0.501. The zero-order valence-electron chi connectivity index (χ0n) is 7.93. The van der Waals surface area contributed by atoms with Crippen molar-refractivity contribution in [2.24, 2.45) is 5.92 Å². The van der Waals surface area contributed by atoms with E-state index in [1.807, 2.05) is 0 Å². The predicted octanol–water partition coefficient (Wildman–Crippen LogP) is 3.12. The molecule has 1 unspecified atom stereocenters. The van der Waals surface area contributed by atoms with Crippen molar-refractivity contribution in [1.82, 2.24) is 0 Å². The van der Waals surface area contributed by atoms with Crippen molar-refractivity contribution in [3.05, 3.63) is 34.9 Å². The molecule has 0 heteroatoms. The van der Waals surface area contributed by atoms with E-state index in [4.69, 9.17) is 0 Å². The van der Waals surface area contributed by atoms with Crippen LogP contribution in [0.3, 0.4) is 0 Å². The number of benzene rings is 1. The number of aryl methyl sites for hydroxylation is 2. The van der Waals surface area contributed by atoms with Crippen molar-refractivity contribution < 1.29 is 0 Å². The Morgan fingerprint density at radius 3 is 2.92 bits per heavy atom. The van der Waals surface area contributed by atoms with Crippen molar-refractivity contribution in [1.29, 1.82) is 0 Å². The normalized spacial score (nSPS) is 22.0. The molecule has 0 saturated carbocycles. The molecule has 0 bridgehead atoms. The molecule has 0 amide bonds. The topological polar surface area (TPSA) is 0 Å². The molecule has 0 aliphatic heterocycles. The Morgan fingerprint density at radius 1 is 1.25 bits per heavy atom. The second kappa shape index (κ2) is 2.93. The van der Waals surface area contributed by atoms with E-state index < -0.39 is 0 Å². The van der Waals surface area contributed by atoms with Crippen molar-refractivity contribution in [3.63, 3.8) is 0 Å². The Bertz CT molecular complexity index is 286. The highest BCUT2D eigenvalue weighted by Crippen LogP contribution is 2.25. The van der Waals surface area contributed by atoms with Crippen LogP contribution in [0.25, 0.3) is 0 Å². The number of fused-ring (bicyclic) bond motifs is 1. The molecule has 1 aromatic carbocycles. The molecule has 0 heterocycles. The minimum atomic E-state index is 0.889. The van der Waals surface area contributed by atoms with E-state index in [1.165, 1.54) is 24.8 Å². The van der Waals surface area contributed by atoms with Crippen LogP contribution in [0.2, 0.25) is 0 Å². The van der Waals surface area contributed by atoms with E-state index in [0.29, 0.717) is 0 Å². The molecule has 2 rings (SSSR count). The van der Waals surface area contributed by atoms with Gasteiger partial charge in [0.2, 0.25) is 0 Å². The maximum Gasteiger partial charge on any atom is -0.0250 e. The Kier molecular flexibility index (Phi) is 1.92. The van der Waals surface area contributed by atoms with E-state index in [1.54, 1.807) is 11.1 Å². The van der Waals surface area contributed by atoms with Crippen molar-refractivity contribution >= 4 is 0 Å². The quantitative estimate of drug-likeness (QED) is 0.547. The van der Waals surface area contributed by atoms with Gasteiger partial charge in [-0.05, 0) is 43.2 Å². The van der Waals surface area contributed by atoms with E-state index in [-0.39, 0.29) is 0 Å². The van der Waals surface area contributed by atoms with Crippen LogP contribution in [0.4, 0.5) is 0 Å². The smallest absolute Gasteiger partial charge is 0.0250 e. The monoisotopic (exact) mass is 160 g/mol. The molecule has 12 heavy (non-hydrogen) atoms. The van der Waals surface area contributed by atoms with Gasteiger partial charge in [0.15, 0.2) is 0 Å². The van der Waals surface area contributed by atoms with E-state index in [9.17, 15) is 0 Å². The van der Waals surface area contributed by atoms with Gasteiger partial charge in [0.25, 0.3) is 0 Å². The van der Waals surface area contributed by atoms with Crippen LogP contribution < -0.4 is 0 Å². The molecule has 0 fully saturated rings. The Labute approximate surface area is 74.6 Å². The first-order valence-corrected chi connectivity index (χ1v) is 4.84. The molecule has 64 valence electrons. The van der Waals surface area contributed by atoms with Crippen LogP contribution in [-0.2, 0) is 12.8 Å². The summed E-state index contributed by atoms with van der Waals surface area (Å²) in [6.45, 7) is 4.53. The van der Waals surface area contributed by atoms with Crippen LogP contribution in [0.15, 0.2) is 18.2 Å². The lowest BCUT2D eigenvalue weighted by Crippen LogP contribution is -2.10. The van der Waals surface area contributed by atoms with Crippen LogP contribution in [-0.4, -0.2) is 0 Å². The molecule has 1 aromatic rings. The third kappa shape index (κ3) is 1.38. The summed E-state index contributed by atoms with van der Waals surface area (Å²) in [4.78, 5) is 0. The Hall–Kier alpha value is -0.780. The lowest BCUT2D eigenvalue weighted by atomic mass is 9.84. The molecule has 0 radical (unpaired) electrons. The molecule has 0 nitrogen and oxygen atoms in total. The van der Waals surface area contributed by atoms with Gasteiger partial charge in [-0.2, -0.15) is 0 Å². The average Bonchev–Trinajstić information content (AvgIpc) is 2.05. The summed E-state index contributed by atoms with van der Waals surface area (Å²) in [6, 6.07) is 6.89. The fourth-order valence-corrected chi connectivity index (χ4v) is 2.07. The summed E-state index contributed by atoms with van der Waals surface area (Å²) in [5, 5.41) is 0. The molecular formula is C12H16. The highest BCUT2D eigenvalue weighted by Gasteiger charge is 2.14. The van der Waals surface area contributed by atoms with Gasteiger partial charge in [-0.25, -0.2) is 0 Å². The zero-order valence-corrected chi connectivity index (χ0v) is 7.93. The summed E-state index contributed by atoms with van der Waals surface area (Å²) in [6.07, 6.45) is 3.95. The second-order valence-corrected chi connectivity index (χ2v) is 4.12. The Balaban J connectivity index is 2.37. The summed E-state index contributed by atoms with van der Waals surface area (Å²) in [5.74, 6) is 0.889. The third-order valence-corrected chi connectivity index (χ3v) is 2.84. The molecule has 0 saturated heterocycles. The highest BCUT2D eigenvalue weighted by molar-refractivity contribution is 5.33. The first-order chi connectivity index (χ1) is 5.75. The van der Waals surface area contributed by atoms with Crippen LogP contribution in [0, 0.1) is 12.8 Å². The van der Waals surface area contributed by atoms with Gasteiger partial charge in [0.05, 0.1) is 0 Å². The molecule has 0 spiro atoms. The van der Waals surface area contributed by atoms with Gasteiger partial charge >= 0.3 is 0 Å². The van der Waals surface area contributed by atoms with Crippen molar-refractivity contribution in [3.8, 4) is 0 Å². The van der Waals surface area contributed by atoms with Gasteiger partial charge in [0, 0.05) is 0 Å². The number of rotatable bonds is 0.